The molecular weight excluding hydrogens is 557 g/mol. The summed E-state index contributed by atoms with van der Waals surface area (Å²) in [6.07, 6.45) is 1.68. The number of hydrogen-bond acceptors (Lipinski definition) is 7. The standard InChI is InChI=1S/C30H31Cl2NO7/c1-37-23-5-2-19(3-6-23)17-38-28-14-27(24(29(35)36)13-25(28)32)39-18-22(34)16-33-10-8-30(9-11-33)15-20-12-21(31)4-7-26(20)40-30/h2-7,12-14,22,34H,8-11,15-18H2,1H3,(H,35,36)/t22-/m1/s1. The van der Waals surface area contributed by atoms with Crippen molar-refractivity contribution in [1.29, 1.82) is 0 Å². The number of carbonyl (C=O) groups is 1. The normalized spacial score (nSPS) is 16.7. The van der Waals surface area contributed by atoms with Crippen LogP contribution in [0.25, 0.3) is 0 Å². The molecule has 0 saturated carbocycles. The minimum absolute atomic E-state index is 0.0778. The lowest BCUT2D eigenvalue weighted by Crippen LogP contribution is -2.49. The van der Waals surface area contributed by atoms with Gasteiger partial charge in [0.25, 0.3) is 0 Å². The van der Waals surface area contributed by atoms with Crippen LogP contribution in [0.3, 0.4) is 0 Å². The maximum atomic E-state index is 11.8. The van der Waals surface area contributed by atoms with Crippen LogP contribution < -0.4 is 18.9 Å². The molecule has 1 spiro atoms. The van der Waals surface area contributed by atoms with Crippen LogP contribution in [-0.2, 0) is 13.0 Å². The van der Waals surface area contributed by atoms with Gasteiger partial charge in [0.15, 0.2) is 0 Å². The van der Waals surface area contributed by atoms with Gasteiger partial charge in [0, 0.05) is 50.0 Å². The van der Waals surface area contributed by atoms with Crippen molar-refractivity contribution in [3.05, 3.63) is 81.3 Å². The Bertz CT molecular complexity index is 1360. The summed E-state index contributed by atoms with van der Waals surface area (Å²) in [5, 5.41) is 21.2. The summed E-state index contributed by atoms with van der Waals surface area (Å²) in [5.41, 5.74) is 1.69. The van der Waals surface area contributed by atoms with Crippen molar-refractivity contribution in [2.75, 3.05) is 33.4 Å². The Balaban J connectivity index is 1.15. The Morgan fingerprint density at radius 2 is 1.80 bits per heavy atom. The fraction of sp³-hybridized carbons (Fsp3) is 0.367. The predicted molar refractivity (Wildman–Crippen MR) is 151 cm³/mol. The number of hydrogen-bond donors (Lipinski definition) is 2. The van der Waals surface area contributed by atoms with Crippen LogP contribution in [0.2, 0.25) is 10.0 Å². The van der Waals surface area contributed by atoms with Gasteiger partial charge in [-0.25, -0.2) is 4.79 Å². The molecule has 212 valence electrons. The second-order valence-electron chi connectivity index (χ2n) is 10.2. The molecule has 3 aromatic carbocycles. The Labute approximate surface area is 242 Å². The summed E-state index contributed by atoms with van der Waals surface area (Å²) in [5.74, 6) is 0.805. The highest BCUT2D eigenvalue weighted by atomic mass is 35.5. The molecule has 0 radical (unpaired) electrons. The van der Waals surface area contributed by atoms with Crippen LogP contribution >= 0.6 is 23.2 Å². The zero-order valence-corrected chi connectivity index (χ0v) is 23.6. The van der Waals surface area contributed by atoms with E-state index in [2.05, 4.69) is 4.90 Å². The molecule has 3 aromatic rings. The Morgan fingerprint density at radius 1 is 1.05 bits per heavy atom. The van der Waals surface area contributed by atoms with Gasteiger partial charge in [0.05, 0.1) is 12.1 Å². The topological polar surface area (TPSA) is 97.7 Å². The molecule has 1 atom stereocenters. The first-order chi connectivity index (χ1) is 19.2. The summed E-state index contributed by atoms with van der Waals surface area (Å²) in [7, 11) is 1.59. The van der Waals surface area contributed by atoms with Gasteiger partial charge in [-0.05, 0) is 47.5 Å². The summed E-state index contributed by atoms with van der Waals surface area (Å²) in [6.45, 7) is 2.07. The quantitative estimate of drug-likeness (QED) is 0.321. The van der Waals surface area contributed by atoms with Crippen LogP contribution in [0.4, 0.5) is 0 Å². The molecule has 10 heteroatoms. The number of likely N-dealkylation sites (tertiary alicyclic amines) is 1. The van der Waals surface area contributed by atoms with Crippen molar-refractivity contribution < 1.29 is 34.0 Å². The summed E-state index contributed by atoms with van der Waals surface area (Å²) >= 11 is 12.4. The number of ether oxygens (including phenoxy) is 4. The molecule has 0 unspecified atom stereocenters. The van der Waals surface area contributed by atoms with Gasteiger partial charge in [0.2, 0.25) is 0 Å². The number of benzene rings is 3. The zero-order valence-electron chi connectivity index (χ0n) is 22.1. The number of nitrogens with zero attached hydrogens (tertiary/aromatic N) is 1. The number of β-amino-alcohol motifs (C(OH)–C–C–N with tert-alkyl or cyclic N) is 1. The largest absolute Gasteiger partial charge is 0.497 e. The van der Waals surface area contributed by atoms with Gasteiger partial charge >= 0.3 is 5.97 Å². The lowest BCUT2D eigenvalue weighted by Gasteiger charge is -2.39. The molecule has 2 aliphatic rings. The van der Waals surface area contributed by atoms with Crippen molar-refractivity contribution in [3.8, 4) is 23.0 Å². The first kappa shape index (κ1) is 28.4. The smallest absolute Gasteiger partial charge is 0.339 e. The lowest BCUT2D eigenvalue weighted by atomic mass is 9.87. The van der Waals surface area contributed by atoms with E-state index in [9.17, 15) is 15.0 Å². The number of aliphatic hydroxyl groups excluding tert-OH is 1. The van der Waals surface area contributed by atoms with Gasteiger partial charge in [-0.15, -0.1) is 0 Å². The highest BCUT2D eigenvalue weighted by molar-refractivity contribution is 6.32. The summed E-state index contributed by atoms with van der Waals surface area (Å²) < 4.78 is 23.1. The molecule has 5 rings (SSSR count). The third kappa shape index (κ3) is 6.58. The average molecular weight is 588 g/mol. The van der Waals surface area contributed by atoms with Gasteiger partial charge in [-0.2, -0.15) is 0 Å². The zero-order chi connectivity index (χ0) is 28.3. The van der Waals surface area contributed by atoms with Crippen molar-refractivity contribution in [3.63, 3.8) is 0 Å². The molecular formula is C30H31Cl2NO7. The minimum Gasteiger partial charge on any atom is -0.497 e. The summed E-state index contributed by atoms with van der Waals surface area (Å²) in [6, 6.07) is 15.9. The van der Waals surface area contributed by atoms with Gasteiger partial charge in [0.1, 0.15) is 53.5 Å². The number of halogens is 2. The van der Waals surface area contributed by atoms with E-state index in [4.69, 9.17) is 42.1 Å². The first-order valence-electron chi connectivity index (χ1n) is 13.1. The lowest BCUT2D eigenvalue weighted by molar-refractivity contribution is -0.00204. The number of methoxy groups -OCH3 is 1. The molecule has 2 aliphatic heterocycles. The van der Waals surface area contributed by atoms with E-state index >= 15 is 0 Å². The number of aromatic carboxylic acids is 1. The molecule has 8 nitrogen and oxygen atoms in total. The third-order valence-corrected chi connectivity index (χ3v) is 7.88. The highest BCUT2D eigenvalue weighted by Crippen LogP contribution is 2.42. The van der Waals surface area contributed by atoms with E-state index in [0.29, 0.717) is 11.6 Å². The number of carboxylic acids is 1. The number of rotatable bonds is 10. The van der Waals surface area contributed by atoms with Crippen molar-refractivity contribution >= 4 is 29.2 Å². The van der Waals surface area contributed by atoms with E-state index < -0.39 is 12.1 Å². The van der Waals surface area contributed by atoms with E-state index in [1.165, 1.54) is 12.1 Å². The van der Waals surface area contributed by atoms with Crippen LogP contribution in [0.15, 0.2) is 54.6 Å². The molecule has 0 aromatic heterocycles. The van der Waals surface area contributed by atoms with E-state index in [0.717, 1.165) is 55.0 Å². The van der Waals surface area contributed by atoms with Gasteiger partial charge in [-0.3, -0.25) is 0 Å². The van der Waals surface area contributed by atoms with Crippen LogP contribution in [-0.4, -0.2) is 66.1 Å². The van der Waals surface area contributed by atoms with E-state index in [1.807, 2.05) is 42.5 Å². The maximum Gasteiger partial charge on any atom is 0.339 e. The van der Waals surface area contributed by atoms with Crippen LogP contribution in [0.5, 0.6) is 23.0 Å². The van der Waals surface area contributed by atoms with E-state index in [-0.39, 0.29) is 40.9 Å². The fourth-order valence-electron chi connectivity index (χ4n) is 5.18. The molecule has 2 N–H and O–H groups in total. The fourth-order valence-corrected chi connectivity index (χ4v) is 5.59. The number of carboxylic acid groups (broad SMARTS) is 1. The van der Waals surface area contributed by atoms with Crippen LogP contribution in [0.1, 0.15) is 34.3 Å². The SMILES string of the molecule is COc1ccc(COc2cc(OC[C@H](O)CN3CCC4(CC3)Cc3cc(Cl)ccc3O4)c(C(=O)O)cc2Cl)cc1. The second-order valence-corrected chi connectivity index (χ2v) is 11.0. The monoisotopic (exact) mass is 587 g/mol. The van der Waals surface area contributed by atoms with Gasteiger partial charge < -0.3 is 34.1 Å². The first-order valence-corrected chi connectivity index (χ1v) is 13.8. The predicted octanol–water partition coefficient (Wildman–Crippen LogP) is 5.49. The average Bonchev–Trinajstić information content (AvgIpc) is 3.29. The highest BCUT2D eigenvalue weighted by Gasteiger charge is 2.42. The molecule has 1 fully saturated rings. The van der Waals surface area contributed by atoms with E-state index in [1.54, 1.807) is 7.11 Å². The third-order valence-electron chi connectivity index (χ3n) is 7.35. The number of fused-ring (bicyclic) bond motifs is 1. The molecule has 40 heavy (non-hydrogen) atoms. The second kappa shape index (κ2) is 12.1. The maximum absolute atomic E-state index is 11.8. The molecule has 0 bridgehead atoms. The van der Waals surface area contributed by atoms with Gasteiger partial charge in [-0.1, -0.05) is 35.3 Å². The minimum atomic E-state index is -1.19. The summed E-state index contributed by atoms with van der Waals surface area (Å²) in [4.78, 5) is 14.0. The Kier molecular flexibility index (Phi) is 8.61. The molecule has 1 saturated heterocycles. The molecule has 0 amide bonds. The molecule has 2 heterocycles. The number of aliphatic hydroxyl groups is 1. The van der Waals surface area contributed by atoms with Crippen molar-refractivity contribution in [1.82, 2.24) is 4.90 Å². The Morgan fingerprint density at radius 3 is 2.50 bits per heavy atom. The van der Waals surface area contributed by atoms with Crippen molar-refractivity contribution in [2.45, 2.75) is 37.6 Å². The number of piperidine rings is 1. The molecule has 0 aliphatic carbocycles. The Hall–Kier alpha value is -3.17. The van der Waals surface area contributed by atoms with Crippen LogP contribution in [0, 0.1) is 0 Å². The van der Waals surface area contributed by atoms with Crippen molar-refractivity contribution in [2.24, 2.45) is 0 Å².